The molecule has 0 aliphatic carbocycles. The van der Waals surface area contributed by atoms with Gasteiger partial charge in [-0.1, -0.05) is 0 Å². The minimum atomic E-state index is -1.32. The van der Waals surface area contributed by atoms with E-state index in [9.17, 15) is 24.6 Å². The number of hydrogen-bond donors (Lipinski definition) is 2. The third kappa shape index (κ3) is 2.84. The first kappa shape index (κ1) is 19.5. The number of carboxylic acid groups (broad SMARTS) is 1. The number of aliphatic hydroxyl groups is 1. The third-order valence-electron chi connectivity index (χ3n) is 4.49. The van der Waals surface area contributed by atoms with E-state index in [1.54, 1.807) is 27.7 Å². The van der Waals surface area contributed by atoms with Crippen molar-refractivity contribution in [3.8, 4) is 0 Å². The molecule has 3 rings (SSSR count). The summed E-state index contributed by atoms with van der Waals surface area (Å²) in [7, 11) is 1.32. The van der Waals surface area contributed by atoms with Crippen molar-refractivity contribution >= 4 is 39.1 Å². The van der Waals surface area contributed by atoms with Crippen LogP contribution in [0.3, 0.4) is 0 Å². The van der Waals surface area contributed by atoms with Gasteiger partial charge in [-0.2, -0.15) is 4.37 Å². The highest BCUT2D eigenvalue weighted by atomic mass is 32.1. The maximum absolute atomic E-state index is 12.7. The normalized spacial score (nSPS) is 12.9. The zero-order chi connectivity index (χ0) is 20.2. The van der Waals surface area contributed by atoms with Crippen LogP contribution in [-0.2, 0) is 7.05 Å². The molecule has 0 radical (unpaired) electrons. The summed E-state index contributed by atoms with van der Waals surface area (Å²) in [5.74, 6) is -1.32. The molecule has 0 amide bonds. The van der Waals surface area contributed by atoms with E-state index in [0.29, 0.717) is 11.3 Å². The fourth-order valence-corrected chi connectivity index (χ4v) is 5.32. The molecule has 10 heteroatoms. The molecular formula is C17H19N3O5S2. The van der Waals surface area contributed by atoms with Crippen molar-refractivity contribution in [1.29, 1.82) is 0 Å². The van der Waals surface area contributed by atoms with Gasteiger partial charge in [-0.25, -0.2) is 9.59 Å². The highest BCUT2D eigenvalue weighted by molar-refractivity contribution is 7.19. The molecule has 2 N–H and O–H groups in total. The average molecular weight is 409 g/mol. The van der Waals surface area contributed by atoms with E-state index >= 15 is 0 Å². The predicted octanol–water partition coefficient (Wildman–Crippen LogP) is 2.20. The van der Waals surface area contributed by atoms with Gasteiger partial charge in [-0.05, 0) is 39.2 Å². The molecule has 1 atom stereocenters. The van der Waals surface area contributed by atoms with Crippen molar-refractivity contribution in [2.75, 3.05) is 0 Å². The van der Waals surface area contributed by atoms with Gasteiger partial charge in [0.05, 0.1) is 21.5 Å². The first-order valence-corrected chi connectivity index (χ1v) is 9.78. The smallest absolute Gasteiger partial charge is 0.337 e. The van der Waals surface area contributed by atoms with E-state index in [1.807, 2.05) is 0 Å². The van der Waals surface area contributed by atoms with Crippen LogP contribution in [-0.4, -0.2) is 29.7 Å². The first-order valence-electron chi connectivity index (χ1n) is 8.19. The lowest BCUT2D eigenvalue weighted by Crippen LogP contribution is -2.38. The zero-order valence-electron chi connectivity index (χ0n) is 15.4. The molecule has 0 aliphatic rings. The Morgan fingerprint density at radius 2 is 1.85 bits per heavy atom. The number of aliphatic hydroxyl groups excluding tert-OH is 1. The molecule has 3 aromatic rings. The Labute approximate surface area is 162 Å². The summed E-state index contributed by atoms with van der Waals surface area (Å²) in [6.07, 6.45) is -1.24. The summed E-state index contributed by atoms with van der Waals surface area (Å²) in [4.78, 5) is 38.4. The third-order valence-corrected chi connectivity index (χ3v) is 6.59. The Morgan fingerprint density at radius 3 is 2.33 bits per heavy atom. The van der Waals surface area contributed by atoms with Gasteiger partial charge in [-0.15, -0.1) is 11.3 Å². The number of rotatable bonds is 4. The molecule has 3 aromatic heterocycles. The van der Waals surface area contributed by atoms with E-state index < -0.39 is 23.3 Å². The Hall–Kier alpha value is -2.30. The fraction of sp³-hybridized carbons (Fsp3) is 0.412. The Kier molecular flexibility index (Phi) is 4.83. The van der Waals surface area contributed by atoms with Gasteiger partial charge in [-0.3, -0.25) is 13.9 Å². The number of fused-ring (bicyclic) bond motifs is 1. The fourth-order valence-electron chi connectivity index (χ4n) is 3.18. The number of nitrogens with zero attached hydrogens (tertiary/aromatic N) is 3. The maximum Gasteiger partial charge on any atom is 0.337 e. The Balaban J connectivity index is 2.49. The number of carbonyl (C=O) groups is 1. The molecule has 0 saturated carbocycles. The lowest BCUT2D eigenvalue weighted by atomic mass is 10.0. The van der Waals surface area contributed by atoms with Gasteiger partial charge in [0, 0.05) is 23.5 Å². The maximum atomic E-state index is 12.7. The summed E-state index contributed by atoms with van der Waals surface area (Å²) >= 11 is 2.18. The molecule has 0 bridgehead atoms. The van der Waals surface area contributed by atoms with Crippen LogP contribution in [0, 0.1) is 13.8 Å². The number of aromatic carboxylic acids is 1. The summed E-state index contributed by atoms with van der Waals surface area (Å²) < 4.78 is 6.49. The van der Waals surface area contributed by atoms with Gasteiger partial charge in [0.1, 0.15) is 10.9 Å². The molecule has 0 aliphatic heterocycles. The highest BCUT2D eigenvalue weighted by Gasteiger charge is 2.31. The van der Waals surface area contributed by atoms with Gasteiger partial charge in [0.2, 0.25) is 0 Å². The zero-order valence-corrected chi connectivity index (χ0v) is 17.1. The molecule has 1 unspecified atom stereocenters. The van der Waals surface area contributed by atoms with Gasteiger partial charge < -0.3 is 10.2 Å². The van der Waals surface area contributed by atoms with E-state index in [2.05, 4.69) is 4.37 Å². The second kappa shape index (κ2) is 6.70. The predicted molar refractivity (Wildman–Crippen MR) is 104 cm³/mol. The molecule has 0 saturated heterocycles. The van der Waals surface area contributed by atoms with E-state index in [1.165, 1.54) is 23.1 Å². The summed E-state index contributed by atoms with van der Waals surface area (Å²) in [5.41, 5.74) is -0.332. The SMILES string of the molecule is Cc1nsc(C)c1C(O)c1sc2c(c1C(=O)O)c(=O)n(C)c(=O)n2C(C)C. The number of hydrogen-bond acceptors (Lipinski definition) is 7. The van der Waals surface area contributed by atoms with Crippen LogP contribution in [0.4, 0.5) is 0 Å². The summed E-state index contributed by atoms with van der Waals surface area (Å²) in [6.45, 7) is 7.08. The standard InChI is InChI=1S/C17H19N3O5S2/c1-6(2)20-15-11(14(22)19(5)17(20)25)10(16(23)24)13(26-15)12(21)9-7(3)18-27-8(9)4/h6,12,21H,1-5H3,(H,23,24). The van der Waals surface area contributed by atoms with Crippen LogP contribution in [0.2, 0.25) is 0 Å². The van der Waals surface area contributed by atoms with E-state index in [4.69, 9.17) is 0 Å². The lowest BCUT2D eigenvalue weighted by Gasteiger charge is -2.12. The quantitative estimate of drug-likeness (QED) is 0.683. The van der Waals surface area contributed by atoms with Crippen LogP contribution < -0.4 is 11.2 Å². The van der Waals surface area contributed by atoms with Crippen molar-refractivity contribution < 1.29 is 15.0 Å². The van der Waals surface area contributed by atoms with E-state index in [0.717, 1.165) is 20.8 Å². The second-order valence-electron chi connectivity index (χ2n) is 6.58. The molecule has 0 spiro atoms. The van der Waals surface area contributed by atoms with Crippen molar-refractivity contribution in [2.24, 2.45) is 7.05 Å². The summed E-state index contributed by atoms with van der Waals surface area (Å²) in [5, 5.41) is 20.7. The second-order valence-corrected chi connectivity index (χ2v) is 8.59. The average Bonchev–Trinajstić information content (AvgIpc) is 3.13. The van der Waals surface area contributed by atoms with Crippen molar-refractivity contribution in [3.05, 3.63) is 47.4 Å². The number of thiophene rings is 1. The minimum absolute atomic E-state index is 0.0594. The molecule has 0 aromatic carbocycles. The molecule has 0 fully saturated rings. The summed E-state index contributed by atoms with van der Waals surface area (Å²) in [6, 6.07) is -0.289. The molecule has 3 heterocycles. The Bertz CT molecular complexity index is 1160. The van der Waals surface area contributed by atoms with Crippen LogP contribution in [0.15, 0.2) is 9.59 Å². The topological polar surface area (TPSA) is 114 Å². The van der Waals surface area contributed by atoms with Gasteiger partial charge in [0.15, 0.2) is 0 Å². The lowest BCUT2D eigenvalue weighted by molar-refractivity contribution is 0.0694. The minimum Gasteiger partial charge on any atom is -0.478 e. The number of aromatic nitrogens is 3. The van der Waals surface area contributed by atoms with Crippen LogP contribution in [0.1, 0.15) is 57.4 Å². The highest BCUT2D eigenvalue weighted by Crippen LogP contribution is 2.39. The van der Waals surface area contributed by atoms with Crippen molar-refractivity contribution in [3.63, 3.8) is 0 Å². The number of carboxylic acids is 1. The number of aryl methyl sites for hydroxylation is 2. The first-order chi connectivity index (χ1) is 12.6. The van der Waals surface area contributed by atoms with Crippen LogP contribution in [0.25, 0.3) is 10.2 Å². The van der Waals surface area contributed by atoms with Crippen molar-refractivity contribution in [2.45, 2.75) is 39.8 Å². The molecule has 144 valence electrons. The van der Waals surface area contributed by atoms with Crippen molar-refractivity contribution in [1.82, 2.24) is 13.5 Å². The monoisotopic (exact) mass is 409 g/mol. The molecular weight excluding hydrogens is 390 g/mol. The van der Waals surface area contributed by atoms with Crippen LogP contribution >= 0.6 is 22.9 Å². The van der Waals surface area contributed by atoms with Gasteiger partial charge >= 0.3 is 11.7 Å². The Morgan fingerprint density at radius 1 is 1.22 bits per heavy atom. The van der Waals surface area contributed by atoms with Gasteiger partial charge in [0.25, 0.3) is 5.56 Å². The van der Waals surface area contributed by atoms with Crippen LogP contribution in [0.5, 0.6) is 0 Å². The molecule has 8 nitrogen and oxygen atoms in total. The largest absolute Gasteiger partial charge is 0.478 e. The van der Waals surface area contributed by atoms with E-state index in [-0.39, 0.29) is 26.7 Å². The molecule has 27 heavy (non-hydrogen) atoms.